The van der Waals surface area contributed by atoms with E-state index in [9.17, 15) is 14.7 Å². The van der Waals surface area contributed by atoms with Crippen molar-refractivity contribution >= 4 is 29.1 Å². The molecule has 2 heterocycles. The summed E-state index contributed by atoms with van der Waals surface area (Å²) in [7, 11) is 0. The zero-order valence-electron chi connectivity index (χ0n) is 20.8. The summed E-state index contributed by atoms with van der Waals surface area (Å²) in [4.78, 5) is 30.4. The number of aromatic nitrogens is 2. The van der Waals surface area contributed by atoms with Crippen LogP contribution >= 0.6 is 11.6 Å². The third-order valence-electron chi connectivity index (χ3n) is 6.74. The van der Waals surface area contributed by atoms with Gasteiger partial charge in [0.1, 0.15) is 5.76 Å². The predicted octanol–water partition coefficient (Wildman–Crippen LogP) is 4.99. The maximum Gasteiger partial charge on any atom is 0.295 e. The van der Waals surface area contributed by atoms with Crippen LogP contribution in [-0.4, -0.2) is 62.6 Å². The predicted molar refractivity (Wildman–Crippen MR) is 141 cm³/mol. The van der Waals surface area contributed by atoms with Crippen molar-refractivity contribution in [1.82, 2.24) is 19.6 Å². The van der Waals surface area contributed by atoms with Gasteiger partial charge < -0.3 is 14.9 Å². The SMILES string of the molecule is CCN(CC)CCCN1C(=O)C(=O)/C(=C(/O)c2cnn(-c3ccccc3)c2C)C1c1cccc(Cl)c1. The van der Waals surface area contributed by atoms with E-state index in [0.717, 1.165) is 25.3 Å². The number of aliphatic hydroxyl groups excluding tert-OH is 1. The van der Waals surface area contributed by atoms with Crippen LogP contribution in [0.15, 0.2) is 66.4 Å². The number of amides is 1. The summed E-state index contributed by atoms with van der Waals surface area (Å²) in [6.07, 6.45) is 2.23. The summed E-state index contributed by atoms with van der Waals surface area (Å²) in [5.41, 5.74) is 2.64. The van der Waals surface area contributed by atoms with Crippen molar-refractivity contribution in [3.05, 3.63) is 88.2 Å². The van der Waals surface area contributed by atoms with E-state index >= 15 is 0 Å². The van der Waals surface area contributed by atoms with Gasteiger partial charge in [0.2, 0.25) is 0 Å². The summed E-state index contributed by atoms with van der Waals surface area (Å²) in [5, 5.41) is 16.4. The molecule has 0 aliphatic carbocycles. The van der Waals surface area contributed by atoms with Crippen LogP contribution in [0.2, 0.25) is 5.02 Å². The van der Waals surface area contributed by atoms with Gasteiger partial charge in [-0.3, -0.25) is 9.59 Å². The number of carbonyl (C=O) groups excluding carboxylic acids is 2. The minimum Gasteiger partial charge on any atom is -0.507 e. The molecule has 2 aromatic carbocycles. The highest BCUT2D eigenvalue weighted by Gasteiger charge is 2.46. The molecular weight excluding hydrogens is 476 g/mol. The van der Waals surface area contributed by atoms with E-state index < -0.39 is 17.7 Å². The number of ketones is 1. The fourth-order valence-electron chi connectivity index (χ4n) is 4.76. The lowest BCUT2D eigenvalue weighted by Crippen LogP contribution is -2.33. The Hall–Kier alpha value is -3.42. The number of rotatable bonds is 9. The summed E-state index contributed by atoms with van der Waals surface area (Å²) in [6, 6.07) is 15.9. The minimum atomic E-state index is -0.736. The van der Waals surface area contributed by atoms with E-state index in [4.69, 9.17) is 11.6 Å². The molecule has 1 amide bonds. The molecule has 4 rings (SSSR count). The number of nitrogens with zero attached hydrogens (tertiary/aromatic N) is 4. The molecule has 1 saturated heterocycles. The van der Waals surface area contributed by atoms with Crippen molar-refractivity contribution in [2.24, 2.45) is 0 Å². The van der Waals surface area contributed by atoms with E-state index in [1.54, 1.807) is 27.8 Å². The molecule has 1 aliphatic rings. The summed E-state index contributed by atoms with van der Waals surface area (Å²) in [5.74, 6) is -1.55. The highest BCUT2D eigenvalue weighted by molar-refractivity contribution is 6.46. The van der Waals surface area contributed by atoms with Crippen LogP contribution in [0.25, 0.3) is 11.4 Å². The summed E-state index contributed by atoms with van der Waals surface area (Å²) in [6.45, 7) is 9.04. The Morgan fingerprint density at radius 2 is 1.81 bits per heavy atom. The first kappa shape index (κ1) is 25.7. The third-order valence-corrected chi connectivity index (χ3v) is 6.97. The Labute approximate surface area is 216 Å². The van der Waals surface area contributed by atoms with Crippen molar-refractivity contribution in [3.8, 4) is 5.69 Å². The number of para-hydroxylation sites is 1. The normalized spacial score (nSPS) is 17.4. The molecule has 1 N–H and O–H groups in total. The van der Waals surface area contributed by atoms with Crippen LogP contribution in [-0.2, 0) is 9.59 Å². The minimum absolute atomic E-state index is 0.0563. The number of hydrogen-bond donors (Lipinski definition) is 1. The van der Waals surface area contributed by atoms with Crippen LogP contribution in [0.4, 0.5) is 0 Å². The van der Waals surface area contributed by atoms with Crippen LogP contribution < -0.4 is 0 Å². The molecule has 1 fully saturated rings. The number of likely N-dealkylation sites (tertiary alicyclic amines) is 1. The number of aliphatic hydroxyl groups is 1. The first-order chi connectivity index (χ1) is 17.4. The Bertz CT molecular complexity index is 1280. The zero-order chi connectivity index (χ0) is 25.8. The van der Waals surface area contributed by atoms with Gasteiger partial charge in [-0.05, 0) is 62.8 Å². The molecule has 8 heteroatoms. The van der Waals surface area contributed by atoms with E-state index in [1.165, 1.54) is 6.20 Å². The lowest BCUT2D eigenvalue weighted by molar-refractivity contribution is -0.140. The van der Waals surface area contributed by atoms with Gasteiger partial charge in [0.25, 0.3) is 11.7 Å². The topological polar surface area (TPSA) is 78.7 Å². The van der Waals surface area contributed by atoms with Crippen LogP contribution in [0, 0.1) is 6.92 Å². The number of carbonyl (C=O) groups is 2. The van der Waals surface area contributed by atoms with Crippen molar-refractivity contribution in [2.45, 2.75) is 33.2 Å². The first-order valence-electron chi connectivity index (χ1n) is 12.2. The number of hydrogen-bond acceptors (Lipinski definition) is 5. The average molecular weight is 507 g/mol. The van der Waals surface area contributed by atoms with Crippen LogP contribution in [0.5, 0.6) is 0 Å². The van der Waals surface area contributed by atoms with Gasteiger partial charge in [0.05, 0.1) is 34.8 Å². The van der Waals surface area contributed by atoms with Crippen LogP contribution in [0.3, 0.4) is 0 Å². The smallest absolute Gasteiger partial charge is 0.295 e. The van der Waals surface area contributed by atoms with Crippen molar-refractivity contribution in [2.75, 3.05) is 26.2 Å². The molecule has 36 heavy (non-hydrogen) atoms. The molecule has 7 nitrogen and oxygen atoms in total. The largest absolute Gasteiger partial charge is 0.507 e. The highest BCUT2D eigenvalue weighted by atomic mass is 35.5. The van der Waals surface area contributed by atoms with Crippen LogP contribution in [0.1, 0.15) is 43.1 Å². The molecule has 1 aromatic heterocycles. The molecule has 1 aliphatic heterocycles. The molecule has 0 radical (unpaired) electrons. The summed E-state index contributed by atoms with van der Waals surface area (Å²) >= 11 is 6.28. The zero-order valence-corrected chi connectivity index (χ0v) is 21.6. The highest BCUT2D eigenvalue weighted by Crippen LogP contribution is 2.40. The standard InChI is InChI=1S/C28H31ClN4O3/c1-4-31(5-2)15-10-16-32-25(20-11-9-12-21(29)17-20)24(27(35)28(32)36)26(34)23-18-30-33(19(23)3)22-13-7-6-8-14-22/h6-9,11-14,17-18,25,34H,4-5,10,15-16H2,1-3H3/b26-24+. The van der Waals surface area contributed by atoms with Gasteiger partial charge in [0.15, 0.2) is 0 Å². The fraction of sp³-hybridized carbons (Fsp3) is 0.321. The number of halogens is 1. The fourth-order valence-corrected chi connectivity index (χ4v) is 4.95. The van der Waals surface area contributed by atoms with Gasteiger partial charge >= 0.3 is 0 Å². The van der Waals surface area contributed by atoms with E-state index in [-0.39, 0.29) is 11.3 Å². The first-order valence-corrected chi connectivity index (χ1v) is 12.6. The van der Waals surface area contributed by atoms with Crippen molar-refractivity contribution < 1.29 is 14.7 Å². The third kappa shape index (κ3) is 4.94. The number of benzene rings is 2. The molecule has 1 atom stereocenters. The molecule has 3 aromatic rings. The Kier molecular flexibility index (Phi) is 7.91. The quantitative estimate of drug-likeness (QED) is 0.251. The van der Waals surface area contributed by atoms with Gasteiger partial charge in [-0.2, -0.15) is 5.10 Å². The maximum atomic E-state index is 13.3. The van der Waals surface area contributed by atoms with Gasteiger partial charge in [-0.25, -0.2) is 4.68 Å². The Balaban J connectivity index is 1.77. The molecule has 188 valence electrons. The molecule has 1 unspecified atom stereocenters. The average Bonchev–Trinajstić information content (AvgIpc) is 3.39. The second-order valence-electron chi connectivity index (χ2n) is 8.82. The summed E-state index contributed by atoms with van der Waals surface area (Å²) < 4.78 is 1.70. The van der Waals surface area contributed by atoms with E-state index in [2.05, 4.69) is 23.8 Å². The van der Waals surface area contributed by atoms with Crippen molar-refractivity contribution in [1.29, 1.82) is 0 Å². The number of Topliss-reactive ketones (excluding diaryl/α,β-unsaturated/α-hetero) is 1. The molecule has 0 saturated carbocycles. The Morgan fingerprint density at radius 3 is 2.47 bits per heavy atom. The molecule has 0 spiro atoms. The monoisotopic (exact) mass is 506 g/mol. The molecule has 0 bridgehead atoms. The van der Waals surface area contributed by atoms with Crippen molar-refractivity contribution in [3.63, 3.8) is 0 Å². The van der Waals surface area contributed by atoms with Gasteiger partial charge in [-0.1, -0.05) is 55.8 Å². The van der Waals surface area contributed by atoms with Gasteiger partial charge in [-0.15, -0.1) is 0 Å². The Morgan fingerprint density at radius 1 is 1.08 bits per heavy atom. The second kappa shape index (κ2) is 11.1. The van der Waals surface area contributed by atoms with E-state index in [1.807, 2.05) is 43.3 Å². The second-order valence-corrected chi connectivity index (χ2v) is 9.26. The maximum absolute atomic E-state index is 13.3. The lowest BCUT2D eigenvalue weighted by atomic mass is 9.95. The molecular formula is C28H31ClN4O3. The van der Waals surface area contributed by atoms with E-state index in [0.29, 0.717) is 34.8 Å². The van der Waals surface area contributed by atoms with Gasteiger partial charge in [0, 0.05) is 11.6 Å². The lowest BCUT2D eigenvalue weighted by Gasteiger charge is -2.27.